The molecule has 0 aliphatic carbocycles. The van der Waals surface area contributed by atoms with E-state index in [2.05, 4.69) is 19.2 Å². The van der Waals surface area contributed by atoms with Gasteiger partial charge in [-0.05, 0) is 59.9 Å². The van der Waals surface area contributed by atoms with Crippen molar-refractivity contribution in [2.24, 2.45) is 0 Å². The Kier molecular flexibility index (Phi) is 8.81. The van der Waals surface area contributed by atoms with Crippen LogP contribution in [0.3, 0.4) is 0 Å². The van der Waals surface area contributed by atoms with Gasteiger partial charge in [-0.25, -0.2) is 0 Å². The summed E-state index contributed by atoms with van der Waals surface area (Å²) in [6, 6.07) is 16.9. The molecule has 0 heterocycles. The Bertz CT molecular complexity index is 1120. The Labute approximate surface area is 205 Å². The van der Waals surface area contributed by atoms with E-state index in [0.29, 0.717) is 27.1 Å². The minimum absolute atomic E-state index is 0.182. The first kappa shape index (κ1) is 24.7. The molecular weight excluding hydrogens is 457 g/mol. The van der Waals surface area contributed by atoms with Crippen LogP contribution in [0, 0.1) is 0 Å². The topological polar surface area (TPSA) is 47.6 Å². The van der Waals surface area contributed by atoms with E-state index >= 15 is 0 Å². The van der Waals surface area contributed by atoms with E-state index in [4.69, 9.17) is 32.7 Å². The Morgan fingerprint density at radius 3 is 2.18 bits per heavy atom. The number of hydrogen-bond acceptors (Lipinski definition) is 3. The van der Waals surface area contributed by atoms with Crippen molar-refractivity contribution >= 4 is 40.9 Å². The first-order chi connectivity index (χ1) is 16.0. The molecule has 0 spiro atoms. The van der Waals surface area contributed by atoms with Crippen molar-refractivity contribution in [1.29, 1.82) is 0 Å². The van der Waals surface area contributed by atoms with Crippen LogP contribution in [0.25, 0.3) is 6.08 Å². The predicted octanol–water partition coefficient (Wildman–Crippen LogP) is 7.36. The van der Waals surface area contributed by atoms with Crippen LogP contribution < -0.4 is 14.8 Å². The van der Waals surface area contributed by atoms with Crippen molar-refractivity contribution < 1.29 is 14.3 Å². The largest absolute Gasteiger partial charge is 0.493 e. The van der Waals surface area contributed by atoms with Gasteiger partial charge in [0.2, 0.25) is 5.91 Å². The third-order valence-corrected chi connectivity index (χ3v) is 6.00. The number of amides is 1. The fraction of sp³-hybridized carbons (Fsp3) is 0.222. The van der Waals surface area contributed by atoms with Gasteiger partial charge in [-0.3, -0.25) is 4.79 Å². The lowest BCUT2D eigenvalue weighted by Crippen LogP contribution is -2.11. The maximum absolute atomic E-state index is 12.6. The Morgan fingerprint density at radius 2 is 1.58 bits per heavy atom. The van der Waals surface area contributed by atoms with Crippen molar-refractivity contribution in [3.05, 3.63) is 93.0 Å². The highest BCUT2D eigenvalue weighted by Crippen LogP contribution is 2.32. The maximum Gasteiger partial charge on any atom is 0.248 e. The second-order valence-electron chi connectivity index (χ2n) is 7.38. The van der Waals surface area contributed by atoms with E-state index in [9.17, 15) is 4.79 Å². The van der Waals surface area contributed by atoms with Crippen LogP contribution in [0.2, 0.25) is 10.0 Å². The Morgan fingerprint density at radius 1 is 0.939 bits per heavy atom. The van der Waals surface area contributed by atoms with Gasteiger partial charge in [0.25, 0.3) is 0 Å². The molecule has 3 aromatic carbocycles. The van der Waals surface area contributed by atoms with Crippen molar-refractivity contribution in [2.75, 3.05) is 12.4 Å². The lowest BCUT2D eigenvalue weighted by molar-refractivity contribution is -0.111. The van der Waals surface area contributed by atoms with E-state index in [1.54, 1.807) is 37.5 Å². The molecule has 172 valence electrons. The fourth-order valence-corrected chi connectivity index (χ4v) is 3.97. The molecule has 6 heteroatoms. The standard InChI is InChI=1S/C27H27Cl2NO3/c1-4-19-8-6-9-20(5-2)27(19)30-26(31)15-13-18-12-14-24(25(16-18)32-3)33-17-21-22(28)10-7-11-23(21)29/h6-16H,4-5,17H2,1-3H3,(H,30,31). The second-order valence-corrected chi connectivity index (χ2v) is 8.19. The van der Waals surface area contributed by atoms with Gasteiger partial charge in [0.1, 0.15) is 6.61 Å². The molecule has 0 saturated heterocycles. The number of carbonyl (C=O) groups is 1. The van der Waals surface area contributed by atoms with E-state index in [-0.39, 0.29) is 12.5 Å². The number of ether oxygens (including phenoxy) is 2. The number of anilines is 1. The van der Waals surface area contributed by atoms with Gasteiger partial charge in [0, 0.05) is 27.4 Å². The summed E-state index contributed by atoms with van der Waals surface area (Å²) in [5, 5.41) is 4.12. The highest BCUT2D eigenvalue weighted by atomic mass is 35.5. The maximum atomic E-state index is 12.6. The zero-order valence-corrected chi connectivity index (χ0v) is 20.5. The molecule has 0 aromatic heterocycles. The number of benzene rings is 3. The number of hydrogen-bond donors (Lipinski definition) is 1. The zero-order chi connectivity index (χ0) is 23.8. The summed E-state index contributed by atoms with van der Waals surface area (Å²) < 4.78 is 11.4. The van der Waals surface area contributed by atoms with E-state index < -0.39 is 0 Å². The first-order valence-electron chi connectivity index (χ1n) is 10.8. The van der Waals surface area contributed by atoms with Crippen LogP contribution in [0.4, 0.5) is 5.69 Å². The molecule has 0 bridgehead atoms. The van der Waals surface area contributed by atoms with Gasteiger partial charge in [-0.2, -0.15) is 0 Å². The Hall–Kier alpha value is -2.95. The summed E-state index contributed by atoms with van der Waals surface area (Å²) >= 11 is 12.4. The van der Waals surface area contributed by atoms with Crippen LogP contribution in [-0.2, 0) is 24.2 Å². The monoisotopic (exact) mass is 483 g/mol. The molecule has 4 nitrogen and oxygen atoms in total. The third-order valence-electron chi connectivity index (χ3n) is 5.30. The Balaban J connectivity index is 1.71. The number of aryl methyl sites for hydroxylation is 2. The summed E-state index contributed by atoms with van der Waals surface area (Å²) in [5.41, 5.74) is 4.67. The van der Waals surface area contributed by atoms with Crippen LogP contribution in [-0.4, -0.2) is 13.0 Å². The van der Waals surface area contributed by atoms with Crippen LogP contribution >= 0.6 is 23.2 Å². The minimum atomic E-state index is -0.182. The highest BCUT2D eigenvalue weighted by Gasteiger charge is 2.11. The average Bonchev–Trinajstić information content (AvgIpc) is 2.82. The van der Waals surface area contributed by atoms with Gasteiger partial charge in [0.15, 0.2) is 11.5 Å². The van der Waals surface area contributed by atoms with E-state index in [1.807, 2.05) is 30.3 Å². The third kappa shape index (κ3) is 6.31. The van der Waals surface area contributed by atoms with E-state index in [1.165, 1.54) is 6.08 Å². The molecule has 0 radical (unpaired) electrons. The van der Waals surface area contributed by atoms with E-state index in [0.717, 1.165) is 35.2 Å². The van der Waals surface area contributed by atoms with Gasteiger partial charge < -0.3 is 14.8 Å². The van der Waals surface area contributed by atoms with Crippen LogP contribution in [0.15, 0.2) is 60.7 Å². The SMILES string of the molecule is CCc1cccc(CC)c1NC(=O)C=Cc1ccc(OCc2c(Cl)cccc2Cl)c(OC)c1. The molecule has 0 saturated carbocycles. The summed E-state index contributed by atoms with van der Waals surface area (Å²) in [7, 11) is 1.57. The predicted molar refractivity (Wildman–Crippen MR) is 137 cm³/mol. The van der Waals surface area contributed by atoms with Gasteiger partial charge in [-0.15, -0.1) is 0 Å². The summed E-state index contributed by atoms with van der Waals surface area (Å²) in [6.07, 6.45) is 4.97. The van der Waals surface area contributed by atoms with Crippen molar-refractivity contribution in [2.45, 2.75) is 33.3 Å². The minimum Gasteiger partial charge on any atom is -0.493 e. The van der Waals surface area contributed by atoms with Crippen molar-refractivity contribution in [3.63, 3.8) is 0 Å². The number of carbonyl (C=O) groups excluding carboxylic acids is 1. The van der Waals surface area contributed by atoms with Gasteiger partial charge in [0.05, 0.1) is 7.11 Å². The van der Waals surface area contributed by atoms with Gasteiger partial charge in [-0.1, -0.05) is 67.4 Å². The quantitative estimate of drug-likeness (QED) is 0.323. The number of nitrogens with one attached hydrogen (secondary N) is 1. The number of rotatable bonds is 9. The normalized spacial score (nSPS) is 10.9. The van der Waals surface area contributed by atoms with Crippen LogP contribution in [0.1, 0.15) is 36.1 Å². The molecule has 1 N–H and O–H groups in total. The molecule has 0 aliphatic heterocycles. The smallest absolute Gasteiger partial charge is 0.248 e. The molecule has 1 amide bonds. The number of halogens is 2. The molecule has 0 unspecified atom stereocenters. The summed E-state index contributed by atoms with van der Waals surface area (Å²) in [5.74, 6) is 0.920. The zero-order valence-electron chi connectivity index (χ0n) is 19.0. The van der Waals surface area contributed by atoms with Crippen molar-refractivity contribution in [3.8, 4) is 11.5 Å². The molecule has 33 heavy (non-hydrogen) atoms. The summed E-state index contributed by atoms with van der Waals surface area (Å²) in [6.45, 7) is 4.37. The fourth-order valence-electron chi connectivity index (χ4n) is 3.47. The molecule has 0 aliphatic rings. The molecule has 0 fully saturated rings. The van der Waals surface area contributed by atoms with Crippen LogP contribution in [0.5, 0.6) is 11.5 Å². The first-order valence-corrected chi connectivity index (χ1v) is 11.6. The second kappa shape index (κ2) is 11.8. The summed E-state index contributed by atoms with van der Waals surface area (Å²) in [4.78, 5) is 12.6. The van der Waals surface area contributed by atoms with Crippen molar-refractivity contribution in [1.82, 2.24) is 0 Å². The van der Waals surface area contributed by atoms with Gasteiger partial charge >= 0.3 is 0 Å². The lowest BCUT2D eigenvalue weighted by Gasteiger charge is -2.13. The average molecular weight is 484 g/mol. The molecule has 3 aromatic rings. The number of methoxy groups -OCH3 is 1. The highest BCUT2D eigenvalue weighted by molar-refractivity contribution is 6.35. The number of para-hydroxylation sites is 1. The molecule has 0 atom stereocenters. The molecule has 3 rings (SSSR count). The molecular formula is C27H27Cl2NO3. The lowest BCUT2D eigenvalue weighted by atomic mass is 10.0.